The molecule has 0 radical (unpaired) electrons. The van der Waals surface area contributed by atoms with Crippen molar-refractivity contribution in [3.63, 3.8) is 0 Å². The SMILES string of the molecule is O=C(N[C@H](Cc1ccc(Cl)cc1Cl)C(=O)O)c1ccccc1C(F)(F)F. The Bertz CT molecular complexity index is 840. The van der Waals surface area contributed by atoms with E-state index in [0.29, 0.717) is 10.6 Å². The fourth-order valence-corrected chi connectivity index (χ4v) is 2.76. The summed E-state index contributed by atoms with van der Waals surface area (Å²) in [6.07, 6.45) is -4.96. The van der Waals surface area contributed by atoms with E-state index in [1.165, 1.54) is 24.3 Å². The van der Waals surface area contributed by atoms with Crippen molar-refractivity contribution in [3.05, 3.63) is 69.2 Å². The summed E-state index contributed by atoms with van der Waals surface area (Å²) in [4.78, 5) is 23.7. The zero-order chi connectivity index (χ0) is 19.5. The number of benzene rings is 2. The molecule has 2 aromatic rings. The number of nitrogens with one attached hydrogen (secondary N) is 1. The van der Waals surface area contributed by atoms with Crippen molar-refractivity contribution in [1.29, 1.82) is 0 Å². The predicted molar refractivity (Wildman–Crippen MR) is 90.5 cm³/mol. The highest BCUT2D eigenvalue weighted by molar-refractivity contribution is 6.35. The maximum atomic E-state index is 13.0. The average Bonchev–Trinajstić information content (AvgIpc) is 2.55. The molecule has 2 rings (SSSR count). The first kappa shape index (κ1) is 20.1. The summed E-state index contributed by atoms with van der Waals surface area (Å²) in [5.41, 5.74) is -1.42. The molecule has 0 saturated carbocycles. The van der Waals surface area contributed by atoms with Crippen molar-refractivity contribution < 1.29 is 27.9 Å². The Hall–Kier alpha value is -2.25. The highest BCUT2D eigenvalue weighted by atomic mass is 35.5. The van der Waals surface area contributed by atoms with Crippen LogP contribution in [-0.2, 0) is 17.4 Å². The molecule has 0 saturated heterocycles. The Morgan fingerprint density at radius 2 is 1.77 bits per heavy atom. The molecule has 0 bridgehead atoms. The van der Waals surface area contributed by atoms with E-state index >= 15 is 0 Å². The molecular formula is C17H12Cl2F3NO3. The van der Waals surface area contributed by atoms with E-state index in [9.17, 15) is 27.9 Å². The molecule has 26 heavy (non-hydrogen) atoms. The van der Waals surface area contributed by atoms with Gasteiger partial charge in [-0.15, -0.1) is 0 Å². The zero-order valence-electron chi connectivity index (χ0n) is 13.0. The van der Waals surface area contributed by atoms with Crippen LogP contribution in [0.3, 0.4) is 0 Å². The molecule has 0 unspecified atom stereocenters. The van der Waals surface area contributed by atoms with Crippen LogP contribution in [0.4, 0.5) is 13.2 Å². The summed E-state index contributed by atoms with van der Waals surface area (Å²) in [5, 5.41) is 11.9. The van der Waals surface area contributed by atoms with Gasteiger partial charge in [0.1, 0.15) is 6.04 Å². The number of carbonyl (C=O) groups is 2. The molecule has 0 heterocycles. The highest BCUT2D eigenvalue weighted by Gasteiger charge is 2.35. The van der Waals surface area contributed by atoms with Crippen molar-refractivity contribution in [2.24, 2.45) is 0 Å². The summed E-state index contributed by atoms with van der Waals surface area (Å²) >= 11 is 11.7. The van der Waals surface area contributed by atoms with E-state index in [4.69, 9.17) is 23.2 Å². The van der Waals surface area contributed by atoms with E-state index in [2.05, 4.69) is 5.32 Å². The van der Waals surface area contributed by atoms with Crippen LogP contribution in [0.5, 0.6) is 0 Å². The van der Waals surface area contributed by atoms with E-state index in [-0.39, 0.29) is 11.4 Å². The van der Waals surface area contributed by atoms with Crippen molar-refractivity contribution in [2.75, 3.05) is 0 Å². The summed E-state index contributed by atoms with van der Waals surface area (Å²) in [6, 6.07) is 7.03. The first-order chi connectivity index (χ1) is 12.1. The molecule has 138 valence electrons. The lowest BCUT2D eigenvalue weighted by Crippen LogP contribution is -2.43. The summed E-state index contributed by atoms with van der Waals surface area (Å²) in [5.74, 6) is -2.55. The monoisotopic (exact) mass is 405 g/mol. The van der Waals surface area contributed by atoms with Crippen LogP contribution in [-0.4, -0.2) is 23.0 Å². The third-order valence-corrected chi connectivity index (χ3v) is 4.11. The second-order valence-corrected chi connectivity index (χ2v) is 6.19. The van der Waals surface area contributed by atoms with Crippen molar-refractivity contribution in [3.8, 4) is 0 Å². The van der Waals surface area contributed by atoms with Crippen LogP contribution in [0.2, 0.25) is 10.0 Å². The Kier molecular flexibility index (Phi) is 6.15. The molecule has 1 atom stereocenters. The number of hydrogen-bond donors (Lipinski definition) is 2. The number of carboxylic acid groups (broad SMARTS) is 1. The van der Waals surface area contributed by atoms with Crippen LogP contribution < -0.4 is 5.32 Å². The normalized spacial score (nSPS) is 12.5. The molecule has 0 fully saturated rings. The second-order valence-electron chi connectivity index (χ2n) is 5.35. The van der Waals surface area contributed by atoms with Crippen molar-refractivity contribution >= 4 is 35.1 Å². The number of hydrogen-bond acceptors (Lipinski definition) is 2. The smallest absolute Gasteiger partial charge is 0.417 e. The molecule has 0 aliphatic carbocycles. The van der Waals surface area contributed by atoms with Gasteiger partial charge in [-0.25, -0.2) is 4.79 Å². The van der Waals surface area contributed by atoms with Gasteiger partial charge in [0.2, 0.25) is 0 Å². The minimum Gasteiger partial charge on any atom is -0.480 e. The molecule has 2 aromatic carbocycles. The van der Waals surface area contributed by atoms with Gasteiger partial charge in [-0.1, -0.05) is 41.4 Å². The highest BCUT2D eigenvalue weighted by Crippen LogP contribution is 2.32. The van der Waals surface area contributed by atoms with Gasteiger partial charge in [0.15, 0.2) is 0 Å². The van der Waals surface area contributed by atoms with Gasteiger partial charge in [0, 0.05) is 16.5 Å². The van der Waals surface area contributed by atoms with E-state index < -0.39 is 35.2 Å². The fourth-order valence-electron chi connectivity index (χ4n) is 2.27. The van der Waals surface area contributed by atoms with Crippen molar-refractivity contribution in [1.82, 2.24) is 5.32 Å². The van der Waals surface area contributed by atoms with Gasteiger partial charge < -0.3 is 10.4 Å². The number of halogens is 5. The van der Waals surface area contributed by atoms with E-state index in [1.807, 2.05) is 0 Å². The Morgan fingerprint density at radius 1 is 1.12 bits per heavy atom. The summed E-state index contributed by atoms with van der Waals surface area (Å²) in [6.45, 7) is 0. The van der Waals surface area contributed by atoms with E-state index in [0.717, 1.165) is 18.2 Å². The van der Waals surface area contributed by atoms with Crippen LogP contribution in [0, 0.1) is 0 Å². The Morgan fingerprint density at radius 3 is 2.35 bits per heavy atom. The molecule has 0 aromatic heterocycles. The predicted octanol–water partition coefficient (Wildman–Crippen LogP) is 4.44. The minimum atomic E-state index is -4.74. The van der Waals surface area contributed by atoms with Crippen LogP contribution in [0.25, 0.3) is 0 Å². The van der Waals surface area contributed by atoms with Gasteiger partial charge in [0.25, 0.3) is 5.91 Å². The number of amides is 1. The van der Waals surface area contributed by atoms with Gasteiger partial charge >= 0.3 is 12.1 Å². The fraction of sp³-hybridized carbons (Fsp3) is 0.176. The third-order valence-electron chi connectivity index (χ3n) is 3.52. The number of rotatable bonds is 5. The van der Waals surface area contributed by atoms with E-state index in [1.54, 1.807) is 0 Å². The van der Waals surface area contributed by atoms with Crippen LogP contribution in [0.15, 0.2) is 42.5 Å². The number of carboxylic acids is 1. The number of carbonyl (C=O) groups excluding carboxylic acids is 1. The van der Waals surface area contributed by atoms with Gasteiger partial charge in [-0.3, -0.25) is 4.79 Å². The summed E-state index contributed by atoms with van der Waals surface area (Å²) < 4.78 is 39.0. The molecule has 4 nitrogen and oxygen atoms in total. The minimum absolute atomic E-state index is 0.189. The Balaban J connectivity index is 2.26. The standard InChI is InChI=1S/C17H12Cl2F3NO3/c18-10-6-5-9(13(19)8-10)7-14(16(25)26)23-15(24)11-3-1-2-4-12(11)17(20,21)22/h1-6,8,14H,7H2,(H,23,24)(H,25,26)/t14-/m1/s1. The Labute approximate surface area is 156 Å². The first-order valence-corrected chi connectivity index (χ1v) is 7.99. The quantitative estimate of drug-likeness (QED) is 0.772. The second kappa shape index (κ2) is 7.97. The van der Waals surface area contributed by atoms with Gasteiger partial charge in [0.05, 0.1) is 11.1 Å². The summed E-state index contributed by atoms with van der Waals surface area (Å²) in [7, 11) is 0. The molecule has 1 amide bonds. The lowest BCUT2D eigenvalue weighted by molar-refractivity contribution is -0.139. The average molecular weight is 406 g/mol. The largest absolute Gasteiger partial charge is 0.480 e. The lowest BCUT2D eigenvalue weighted by atomic mass is 10.0. The first-order valence-electron chi connectivity index (χ1n) is 7.23. The van der Waals surface area contributed by atoms with Crippen LogP contribution >= 0.6 is 23.2 Å². The molecule has 0 spiro atoms. The zero-order valence-corrected chi connectivity index (χ0v) is 14.5. The van der Waals surface area contributed by atoms with Gasteiger partial charge in [-0.05, 0) is 29.8 Å². The maximum absolute atomic E-state index is 13.0. The third kappa shape index (κ3) is 4.89. The molecule has 0 aliphatic rings. The molecule has 9 heteroatoms. The number of alkyl halides is 3. The molecule has 2 N–H and O–H groups in total. The molecule has 0 aliphatic heterocycles. The number of aliphatic carboxylic acids is 1. The maximum Gasteiger partial charge on any atom is 0.417 e. The van der Waals surface area contributed by atoms with Crippen LogP contribution in [0.1, 0.15) is 21.5 Å². The lowest BCUT2D eigenvalue weighted by Gasteiger charge is -2.17. The molecular weight excluding hydrogens is 394 g/mol. The van der Waals surface area contributed by atoms with Gasteiger partial charge in [-0.2, -0.15) is 13.2 Å². The van der Waals surface area contributed by atoms with Crippen molar-refractivity contribution in [2.45, 2.75) is 18.6 Å². The topological polar surface area (TPSA) is 66.4 Å².